The third kappa shape index (κ3) is 3.48. The molecular formula is C13H14N4O2. The molecule has 0 spiro atoms. The second kappa shape index (κ2) is 5.90. The molecule has 1 atom stereocenters. The van der Waals surface area contributed by atoms with E-state index in [9.17, 15) is 9.59 Å². The van der Waals surface area contributed by atoms with Crippen LogP contribution in [0.25, 0.3) is 0 Å². The van der Waals surface area contributed by atoms with Crippen LogP contribution in [-0.2, 0) is 9.59 Å². The maximum absolute atomic E-state index is 11.6. The van der Waals surface area contributed by atoms with Crippen LogP contribution in [0.5, 0.6) is 0 Å². The molecule has 1 aliphatic rings. The largest absolute Gasteiger partial charge is 0.273 e. The van der Waals surface area contributed by atoms with Gasteiger partial charge in [-0.15, -0.1) is 0 Å². The van der Waals surface area contributed by atoms with Crippen LogP contribution in [0.15, 0.2) is 40.5 Å². The first-order valence-electron chi connectivity index (χ1n) is 5.88. The minimum Gasteiger partial charge on any atom is -0.273 e. The van der Waals surface area contributed by atoms with E-state index in [0.717, 1.165) is 5.56 Å². The fourth-order valence-electron chi connectivity index (χ4n) is 1.68. The average molecular weight is 258 g/mol. The lowest BCUT2D eigenvalue weighted by atomic mass is 10.0. The highest BCUT2D eigenvalue weighted by molar-refractivity contribution is 6.09. The van der Waals surface area contributed by atoms with Crippen molar-refractivity contribution in [3.63, 3.8) is 0 Å². The average Bonchev–Trinajstić information content (AvgIpc) is 2.72. The molecule has 2 rings (SSSR count). The molecule has 0 aromatic heterocycles. The summed E-state index contributed by atoms with van der Waals surface area (Å²) < 4.78 is 0. The summed E-state index contributed by atoms with van der Waals surface area (Å²) in [6, 6.07) is 9.40. The first-order valence-corrected chi connectivity index (χ1v) is 5.88. The second-order valence-corrected chi connectivity index (χ2v) is 4.19. The highest BCUT2D eigenvalue weighted by Crippen LogP contribution is 2.11. The molecule has 6 nitrogen and oxygen atoms in total. The van der Waals surface area contributed by atoms with E-state index < -0.39 is 5.92 Å². The van der Waals surface area contributed by atoms with Crippen LogP contribution in [0.4, 0.5) is 0 Å². The molecule has 19 heavy (non-hydrogen) atoms. The first-order chi connectivity index (χ1) is 9.16. The number of hydrogen-bond donors (Lipinski definition) is 2. The van der Waals surface area contributed by atoms with Crippen molar-refractivity contribution in [1.29, 1.82) is 0 Å². The Balaban J connectivity index is 1.84. The second-order valence-electron chi connectivity index (χ2n) is 4.19. The summed E-state index contributed by atoms with van der Waals surface area (Å²) in [6.07, 6.45) is 1.60. The number of nitrogens with zero attached hydrogens (tertiary/aromatic N) is 2. The van der Waals surface area contributed by atoms with Gasteiger partial charge in [-0.3, -0.25) is 9.59 Å². The van der Waals surface area contributed by atoms with Crippen molar-refractivity contribution < 1.29 is 9.59 Å². The van der Waals surface area contributed by atoms with Crippen LogP contribution >= 0.6 is 0 Å². The van der Waals surface area contributed by atoms with Gasteiger partial charge in [-0.1, -0.05) is 30.3 Å². The lowest BCUT2D eigenvalue weighted by Gasteiger charge is -2.05. The summed E-state index contributed by atoms with van der Waals surface area (Å²) in [5.41, 5.74) is 6.24. The molecule has 1 heterocycles. The minimum absolute atomic E-state index is 0.0489. The lowest BCUT2D eigenvalue weighted by molar-refractivity contribution is -0.127. The Morgan fingerprint density at radius 3 is 2.84 bits per heavy atom. The summed E-state index contributed by atoms with van der Waals surface area (Å²) in [4.78, 5) is 23.0. The number of carbonyl (C=O) groups excluding carboxylic acids is 2. The van der Waals surface area contributed by atoms with Crippen molar-refractivity contribution >= 4 is 23.7 Å². The van der Waals surface area contributed by atoms with Crippen molar-refractivity contribution in [2.24, 2.45) is 16.1 Å². The number of hydrogen-bond acceptors (Lipinski definition) is 4. The van der Waals surface area contributed by atoms with Crippen LogP contribution in [-0.4, -0.2) is 23.7 Å². The number of benzene rings is 1. The molecule has 0 aliphatic carbocycles. The molecule has 0 saturated carbocycles. The van der Waals surface area contributed by atoms with Gasteiger partial charge in [0.1, 0.15) is 0 Å². The van der Waals surface area contributed by atoms with Crippen LogP contribution < -0.4 is 10.9 Å². The van der Waals surface area contributed by atoms with Crippen molar-refractivity contribution in [2.45, 2.75) is 13.3 Å². The van der Waals surface area contributed by atoms with Gasteiger partial charge in [-0.05, 0) is 12.5 Å². The Hall–Kier alpha value is -2.50. The lowest BCUT2D eigenvalue weighted by Crippen LogP contribution is -2.29. The smallest absolute Gasteiger partial charge is 0.249 e. The number of amides is 2. The van der Waals surface area contributed by atoms with Gasteiger partial charge in [0.05, 0.1) is 12.1 Å². The zero-order valence-electron chi connectivity index (χ0n) is 10.5. The molecule has 1 unspecified atom stereocenters. The summed E-state index contributed by atoms with van der Waals surface area (Å²) in [6.45, 7) is 1.71. The van der Waals surface area contributed by atoms with Gasteiger partial charge < -0.3 is 0 Å². The Labute approximate surface area is 110 Å². The fraction of sp³-hybridized carbons (Fsp3) is 0.231. The van der Waals surface area contributed by atoms with E-state index in [1.807, 2.05) is 30.3 Å². The normalized spacial score (nSPS) is 18.3. The molecule has 0 saturated heterocycles. The molecule has 0 radical (unpaired) electrons. The summed E-state index contributed by atoms with van der Waals surface area (Å²) in [7, 11) is 0. The third-order valence-electron chi connectivity index (χ3n) is 2.76. The monoisotopic (exact) mass is 258 g/mol. The molecular weight excluding hydrogens is 244 g/mol. The highest BCUT2D eigenvalue weighted by Gasteiger charge is 2.28. The van der Waals surface area contributed by atoms with Crippen molar-refractivity contribution in [3.05, 3.63) is 35.9 Å². The fourth-order valence-corrected chi connectivity index (χ4v) is 1.68. The predicted octanol–water partition coefficient (Wildman–Crippen LogP) is 0.649. The maximum atomic E-state index is 11.6. The number of hydrazone groups is 2. The van der Waals surface area contributed by atoms with E-state index in [0.29, 0.717) is 5.71 Å². The van der Waals surface area contributed by atoms with Gasteiger partial charge in [0.15, 0.2) is 0 Å². The van der Waals surface area contributed by atoms with Gasteiger partial charge in [-0.2, -0.15) is 10.2 Å². The molecule has 6 heteroatoms. The van der Waals surface area contributed by atoms with Gasteiger partial charge in [0.2, 0.25) is 11.8 Å². The van der Waals surface area contributed by atoms with Gasteiger partial charge in [0, 0.05) is 12.1 Å². The zero-order valence-corrected chi connectivity index (χ0v) is 10.5. The van der Waals surface area contributed by atoms with Crippen molar-refractivity contribution in [2.75, 3.05) is 0 Å². The van der Waals surface area contributed by atoms with E-state index >= 15 is 0 Å². The molecule has 1 aromatic rings. The van der Waals surface area contributed by atoms with Crippen molar-refractivity contribution in [1.82, 2.24) is 10.9 Å². The maximum Gasteiger partial charge on any atom is 0.249 e. The van der Waals surface area contributed by atoms with E-state index in [4.69, 9.17) is 0 Å². The van der Waals surface area contributed by atoms with E-state index in [1.54, 1.807) is 13.1 Å². The van der Waals surface area contributed by atoms with Crippen molar-refractivity contribution in [3.8, 4) is 0 Å². The van der Waals surface area contributed by atoms with E-state index in [1.165, 1.54) is 0 Å². The molecule has 1 aliphatic heterocycles. The molecule has 0 fully saturated rings. The number of nitrogens with one attached hydrogen (secondary N) is 2. The van der Waals surface area contributed by atoms with Crippen LogP contribution in [0.2, 0.25) is 0 Å². The summed E-state index contributed by atoms with van der Waals surface area (Å²) in [5.74, 6) is -1.06. The topological polar surface area (TPSA) is 82.9 Å². The minimum atomic E-state index is -0.494. The summed E-state index contributed by atoms with van der Waals surface area (Å²) in [5, 5.41) is 7.62. The highest BCUT2D eigenvalue weighted by atomic mass is 16.2. The number of carbonyl (C=O) groups is 2. The van der Waals surface area contributed by atoms with Gasteiger partial charge >= 0.3 is 0 Å². The zero-order chi connectivity index (χ0) is 13.7. The van der Waals surface area contributed by atoms with Crippen LogP contribution in [0.1, 0.15) is 18.9 Å². The molecule has 2 amide bonds. The predicted molar refractivity (Wildman–Crippen MR) is 71.5 cm³/mol. The van der Waals surface area contributed by atoms with Crippen LogP contribution in [0.3, 0.4) is 0 Å². The van der Waals surface area contributed by atoms with E-state index in [-0.39, 0.29) is 18.2 Å². The van der Waals surface area contributed by atoms with E-state index in [2.05, 4.69) is 21.1 Å². The first kappa shape index (κ1) is 12.9. The Morgan fingerprint density at radius 2 is 2.21 bits per heavy atom. The number of rotatable bonds is 4. The van der Waals surface area contributed by atoms with Crippen LogP contribution in [0, 0.1) is 5.92 Å². The third-order valence-corrected chi connectivity index (χ3v) is 2.76. The quantitative estimate of drug-likeness (QED) is 0.614. The molecule has 1 aromatic carbocycles. The molecule has 0 bridgehead atoms. The molecule has 2 N–H and O–H groups in total. The molecule has 98 valence electrons. The van der Waals surface area contributed by atoms with Gasteiger partial charge in [0.25, 0.3) is 0 Å². The standard InChI is InChI=1S/C13H14N4O2/c1-9-11(13(19)17-15-9)7-12(18)16-14-8-10-5-3-2-4-6-10/h2-6,8,11H,7H2,1H3,(H,16,18)(H,17,19)/b14-8+. The summed E-state index contributed by atoms with van der Waals surface area (Å²) >= 11 is 0. The SMILES string of the molecule is CC1=NNC(=O)C1CC(=O)N/N=C/c1ccccc1. The van der Waals surface area contributed by atoms with Gasteiger partial charge in [-0.25, -0.2) is 10.9 Å². The Kier molecular flexibility index (Phi) is 4.02. The Morgan fingerprint density at radius 1 is 1.47 bits per heavy atom. The Bertz CT molecular complexity index is 537.